The van der Waals surface area contributed by atoms with E-state index in [1.165, 1.54) is 18.2 Å². The molecule has 1 saturated heterocycles. The second-order valence-corrected chi connectivity index (χ2v) is 7.64. The van der Waals surface area contributed by atoms with E-state index in [0.717, 1.165) is 31.6 Å². The number of benzene rings is 2. The van der Waals surface area contributed by atoms with Crippen LogP contribution in [0, 0.1) is 10.1 Å². The summed E-state index contributed by atoms with van der Waals surface area (Å²) in [5, 5.41) is 25.5. The van der Waals surface area contributed by atoms with E-state index in [1.54, 1.807) is 24.4 Å². The van der Waals surface area contributed by atoms with E-state index in [1.807, 2.05) is 0 Å². The van der Waals surface area contributed by atoms with Gasteiger partial charge in [0, 0.05) is 62.0 Å². The van der Waals surface area contributed by atoms with Gasteiger partial charge < -0.3 is 20.1 Å². The Hall–Kier alpha value is -3.11. The first-order valence-corrected chi connectivity index (χ1v) is 9.99. The minimum atomic E-state index is -0.453. The molecule has 0 saturated carbocycles. The molecule has 2 aliphatic heterocycles. The molecular weight excluding hydrogens is 471 g/mol. The lowest BCUT2D eigenvalue weighted by Crippen LogP contribution is -2.42. The summed E-state index contributed by atoms with van der Waals surface area (Å²) in [4.78, 5) is 28.7. The Morgan fingerprint density at radius 3 is 2.67 bits per heavy atom. The Morgan fingerprint density at radius 2 is 1.94 bits per heavy atom. The number of carbonyl (C=O) groups excluding carboxylic acids is 1. The van der Waals surface area contributed by atoms with Gasteiger partial charge in [-0.05, 0) is 24.3 Å². The molecular formula is C22H22Cl2N4O5. The zero-order chi connectivity index (χ0) is 21.5. The molecule has 0 unspecified atom stereocenters. The van der Waals surface area contributed by atoms with Crippen LogP contribution in [0.15, 0.2) is 42.3 Å². The number of rotatable bonds is 4. The van der Waals surface area contributed by atoms with Crippen molar-refractivity contribution in [3.05, 3.63) is 69.1 Å². The Bertz CT molecular complexity index is 1250. The summed E-state index contributed by atoms with van der Waals surface area (Å²) in [7, 11) is 0. The molecule has 11 heteroatoms. The maximum Gasteiger partial charge on any atom is 0.271 e. The number of nitro groups is 1. The number of aromatic amines is 1. The lowest BCUT2D eigenvalue weighted by Gasteiger charge is -2.27. The van der Waals surface area contributed by atoms with Crippen LogP contribution in [0.25, 0.3) is 17.0 Å². The molecule has 1 fully saturated rings. The SMILES string of the molecule is Cl.Cl.O=C1/C(=C/c2c[nH]c3cc([N+](=O)[O-])ccc23)Oc2c1ccc(O)c2CN1CCNCC1. The van der Waals surface area contributed by atoms with Crippen molar-refractivity contribution in [3.63, 3.8) is 0 Å². The minimum absolute atomic E-state index is 0. The molecule has 174 valence electrons. The number of ketones is 1. The number of nitro benzene ring substituents is 1. The molecule has 3 N–H and O–H groups in total. The van der Waals surface area contributed by atoms with Crippen molar-refractivity contribution in [3.8, 4) is 11.5 Å². The molecule has 2 aromatic carbocycles. The van der Waals surface area contributed by atoms with E-state index in [0.29, 0.717) is 34.5 Å². The molecule has 2 aliphatic rings. The lowest BCUT2D eigenvalue weighted by molar-refractivity contribution is -0.384. The topological polar surface area (TPSA) is 121 Å². The average Bonchev–Trinajstić information content (AvgIpc) is 3.32. The van der Waals surface area contributed by atoms with Gasteiger partial charge in [-0.2, -0.15) is 0 Å². The number of nitrogens with zero attached hydrogens (tertiary/aromatic N) is 2. The van der Waals surface area contributed by atoms with Crippen molar-refractivity contribution in [2.75, 3.05) is 26.2 Å². The number of aromatic nitrogens is 1. The van der Waals surface area contributed by atoms with Gasteiger partial charge in [0.2, 0.25) is 5.78 Å². The van der Waals surface area contributed by atoms with Gasteiger partial charge in [0.05, 0.1) is 21.6 Å². The van der Waals surface area contributed by atoms with E-state index < -0.39 is 4.92 Å². The molecule has 5 rings (SSSR count). The Balaban J connectivity index is 0.00000153. The summed E-state index contributed by atoms with van der Waals surface area (Å²) >= 11 is 0. The van der Waals surface area contributed by atoms with Crippen molar-refractivity contribution < 1.29 is 19.6 Å². The van der Waals surface area contributed by atoms with Gasteiger partial charge in [-0.15, -0.1) is 24.8 Å². The van der Waals surface area contributed by atoms with Crippen LogP contribution in [0.2, 0.25) is 0 Å². The van der Waals surface area contributed by atoms with Crippen LogP contribution in [0.1, 0.15) is 21.5 Å². The number of H-pyrrole nitrogens is 1. The summed E-state index contributed by atoms with van der Waals surface area (Å²) in [6.07, 6.45) is 3.30. The highest BCUT2D eigenvalue weighted by molar-refractivity contribution is 6.15. The first-order valence-electron chi connectivity index (χ1n) is 9.99. The fraction of sp³-hybridized carbons (Fsp3) is 0.227. The van der Waals surface area contributed by atoms with E-state index >= 15 is 0 Å². The third-order valence-electron chi connectivity index (χ3n) is 5.70. The molecule has 9 nitrogen and oxygen atoms in total. The van der Waals surface area contributed by atoms with Crippen molar-refractivity contribution in [2.24, 2.45) is 0 Å². The largest absolute Gasteiger partial charge is 0.507 e. The third kappa shape index (κ3) is 4.53. The second kappa shape index (κ2) is 9.80. The highest BCUT2D eigenvalue weighted by Gasteiger charge is 2.32. The van der Waals surface area contributed by atoms with Gasteiger partial charge in [0.1, 0.15) is 11.5 Å². The number of halogens is 2. The predicted octanol–water partition coefficient (Wildman–Crippen LogP) is 3.65. The number of piperazine rings is 1. The maximum absolute atomic E-state index is 13.0. The van der Waals surface area contributed by atoms with Crippen LogP contribution < -0.4 is 10.1 Å². The van der Waals surface area contributed by atoms with Gasteiger partial charge in [-0.3, -0.25) is 19.8 Å². The Labute approximate surface area is 201 Å². The van der Waals surface area contributed by atoms with Gasteiger partial charge in [-0.1, -0.05) is 0 Å². The number of phenolic OH excluding ortho intramolecular Hbond substituents is 1. The number of hydrogen-bond donors (Lipinski definition) is 3. The number of aromatic hydroxyl groups is 1. The summed E-state index contributed by atoms with van der Waals surface area (Å²) in [6, 6.07) is 7.63. The molecule has 0 amide bonds. The average molecular weight is 493 g/mol. The van der Waals surface area contributed by atoms with Crippen LogP contribution in [0.4, 0.5) is 5.69 Å². The number of allylic oxidation sites excluding steroid dienone is 1. The van der Waals surface area contributed by atoms with Crippen LogP contribution >= 0.6 is 24.8 Å². The zero-order valence-electron chi connectivity index (χ0n) is 17.4. The van der Waals surface area contributed by atoms with Crippen LogP contribution in [-0.2, 0) is 6.54 Å². The van der Waals surface area contributed by atoms with Crippen molar-refractivity contribution in [1.29, 1.82) is 0 Å². The number of nitrogens with one attached hydrogen (secondary N) is 2. The number of fused-ring (bicyclic) bond motifs is 2. The lowest BCUT2D eigenvalue weighted by atomic mass is 10.0. The van der Waals surface area contributed by atoms with E-state index in [9.17, 15) is 20.0 Å². The van der Waals surface area contributed by atoms with Crippen molar-refractivity contribution >= 4 is 53.3 Å². The van der Waals surface area contributed by atoms with Crippen molar-refractivity contribution in [2.45, 2.75) is 6.54 Å². The van der Waals surface area contributed by atoms with E-state index in [-0.39, 0.29) is 47.8 Å². The van der Waals surface area contributed by atoms with E-state index in [4.69, 9.17) is 4.74 Å². The highest BCUT2D eigenvalue weighted by atomic mass is 35.5. The van der Waals surface area contributed by atoms with Gasteiger partial charge >= 0.3 is 0 Å². The fourth-order valence-corrected chi connectivity index (χ4v) is 4.05. The summed E-state index contributed by atoms with van der Waals surface area (Å²) in [5.41, 5.74) is 2.30. The van der Waals surface area contributed by atoms with Gasteiger partial charge in [-0.25, -0.2) is 0 Å². The number of phenols is 1. The fourth-order valence-electron chi connectivity index (χ4n) is 4.05. The normalized spacial score (nSPS) is 16.7. The maximum atomic E-state index is 13.0. The predicted molar refractivity (Wildman–Crippen MR) is 129 cm³/mol. The van der Waals surface area contributed by atoms with Crippen LogP contribution in [-0.4, -0.2) is 51.9 Å². The standard InChI is InChI=1S/C22H20N4O5.2ClH/c27-19-4-3-16-21(28)20(31-22(16)17(19)12-25-7-5-23-6-8-25)9-13-11-24-18-10-14(26(29)30)1-2-15(13)18;;/h1-4,9-11,23-24,27H,5-8,12H2;2*1H/b20-9-;;. The zero-order valence-corrected chi connectivity index (χ0v) is 19.0. The van der Waals surface area contributed by atoms with Gasteiger partial charge in [0.15, 0.2) is 5.76 Å². The van der Waals surface area contributed by atoms with Crippen LogP contribution in [0.3, 0.4) is 0 Å². The van der Waals surface area contributed by atoms with Crippen molar-refractivity contribution in [1.82, 2.24) is 15.2 Å². The number of hydrogen-bond acceptors (Lipinski definition) is 7. The molecule has 33 heavy (non-hydrogen) atoms. The molecule has 0 bridgehead atoms. The molecule has 1 aromatic heterocycles. The summed E-state index contributed by atoms with van der Waals surface area (Å²) < 4.78 is 5.94. The summed E-state index contributed by atoms with van der Waals surface area (Å²) in [6.45, 7) is 3.94. The highest BCUT2D eigenvalue weighted by Crippen LogP contribution is 2.40. The number of Topliss-reactive ketones (excluding diaryl/α,β-unsaturated/α-hetero) is 1. The second-order valence-electron chi connectivity index (χ2n) is 7.64. The minimum Gasteiger partial charge on any atom is -0.507 e. The monoisotopic (exact) mass is 492 g/mol. The third-order valence-corrected chi connectivity index (χ3v) is 5.70. The molecule has 0 radical (unpaired) electrons. The Kier molecular flexibility index (Phi) is 7.28. The van der Waals surface area contributed by atoms with Crippen LogP contribution in [0.5, 0.6) is 11.5 Å². The number of carbonyl (C=O) groups is 1. The first kappa shape index (κ1) is 24.5. The number of ether oxygens (including phenoxy) is 1. The molecule has 0 aliphatic carbocycles. The molecule has 0 atom stereocenters. The van der Waals surface area contributed by atoms with E-state index in [2.05, 4.69) is 15.2 Å². The quantitative estimate of drug-likeness (QED) is 0.288. The summed E-state index contributed by atoms with van der Waals surface area (Å²) in [5.74, 6) is 0.394. The first-order chi connectivity index (χ1) is 15.0. The molecule has 3 heterocycles. The Morgan fingerprint density at radius 1 is 1.18 bits per heavy atom. The number of non-ortho nitro benzene ring substituents is 1. The van der Waals surface area contributed by atoms with Gasteiger partial charge in [0.25, 0.3) is 5.69 Å². The smallest absolute Gasteiger partial charge is 0.271 e. The molecule has 0 spiro atoms. The molecule has 3 aromatic rings.